The van der Waals surface area contributed by atoms with Crippen molar-refractivity contribution in [3.05, 3.63) is 54.4 Å². The number of hydrogen-bond acceptors (Lipinski definition) is 5. The molecule has 0 aliphatic rings. The second-order valence-corrected chi connectivity index (χ2v) is 5.89. The molecule has 132 valence electrons. The lowest BCUT2D eigenvalue weighted by Gasteiger charge is -2.16. The third-order valence-electron chi connectivity index (χ3n) is 3.95. The van der Waals surface area contributed by atoms with Crippen molar-refractivity contribution in [1.82, 2.24) is 9.55 Å². The fourth-order valence-electron chi connectivity index (χ4n) is 2.73. The molecule has 0 spiro atoms. The first kappa shape index (κ1) is 17.3. The van der Waals surface area contributed by atoms with Crippen molar-refractivity contribution in [2.45, 2.75) is 25.7 Å². The van der Waals surface area contributed by atoms with E-state index in [1.807, 2.05) is 28.8 Å². The molecule has 2 aromatic carbocycles. The van der Waals surface area contributed by atoms with Crippen molar-refractivity contribution in [3.63, 3.8) is 0 Å². The van der Waals surface area contributed by atoms with Gasteiger partial charge < -0.3 is 24.3 Å². The number of nitrogens with zero attached hydrogens (tertiary/aromatic N) is 2. The summed E-state index contributed by atoms with van der Waals surface area (Å²) in [6, 6.07) is 14.8. The summed E-state index contributed by atoms with van der Waals surface area (Å²) in [6.45, 7) is 2.09. The van der Waals surface area contributed by atoms with Crippen LogP contribution in [0.5, 0.6) is 11.5 Å². The Bertz CT molecular complexity index is 827. The minimum Gasteiger partial charge on any atom is -0.497 e. The van der Waals surface area contributed by atoms with Crippen molar-refractivity contribution < 1.29 is 19.7 Å². The molecule has 3 rings (SSSR count). The van der Waals surface area contributed by atoms with Gasteiger partial charge in [0, 0.05) is 0 Å². The van der Waals surface area contributed by atoms with Gasteiger partial charge in [0.15, 0.2) is 0 Å². The van der Waals surface area contributed by atoms with Crippen LogP contribution in [0, 0.1) is 0 Å². The molecule has 0 fully saturated rings. The van der Waals surface area contributed by atoms with E-state index in [0.29, 0.717) is 11.6 Å². The third kappa shape index (κ3) is 3.92. The molecule has 0 saturated heterocycles. The van der Waals surface area contributed by atoms with E-state index in [4.69, 9.17) is 9.47 Å². The van der Waals surface area contributed by atoms with Crippen LogP contribution in [0.4, 0.5) is 0 Å². The van der Waals surface area contributed by atoms with E-state index in [2.05, 4.69) is 4.98 Å². The van der Waals surface area contributed by atoms with Gasteiger partial charge in [-0.25, -0.2) is 4.98 Å². The van der Waals surface area contributed by atoms with Crippen molar-refractivity contribution in [2.75, 3.05) is 13.7 Å². The molecule has 0 aliphatic carbocycles. The maximum atomic E-state index is 10.4. The summed E-state index contributed by atoms with van der Waals surface area (Å²) in [5.41, 5.74) is 1.67. The molecule has 1 heterocycles. The van der Waals surface area contributed by atoms with Crippen LogP contribution in [-0.2, 0) is 6.54 Å². The van der Waals surface area contributed by atoms with E-state index in [0.717, 1.165) is 16.8 Å². The minimum atomic E-state index is -0.739. The Kier molecular flexibility index (Phi) is 5.21. The Labute approximate surface area is 146 Å². The fraction of sp³-hybridized carbons (Fsp3) is 0.316. The second kappa shape index (κ2) is 7.55. The molecule has 2 atom stereocenters. The number of aromatic nitrogens is 2. The number of hydrogen-bond donors (Lipinski definition) is 2. The normalized spacial score (nSPS) is 13.6. The molecular formula is C19H22N2O4. The molecule has 0 saturated carbocycles. The highest BCUT2D eigenvalue weighted by atomic mass is 16.5. The zero-order valence-corrected chi connectivity index (χ0v) is 14.3. The number of aliphatic hydroxyl groups excluding tert-OH is 2. The molecule has 0 amide bonds. The number of methoxy groups -OCH3 is 1. The molecule has 25 heavy (non-hydrogen) atoms. The minimum absolute atomic E-state index is 0.137. The van der Waals surface area contributed by atoms with Crippen LogP contribution < -0.4 is 9.47 Å². The van der Waals surface area contributed by atoms with E-state index in [-0.39, 0.29) is 13.2 Å². The number of ether oxygens (including phenoxy) is 2. The van der Waals surface area contributed by atoms with Crippen molar-refractivity contribution in [3.8, 4) is 11.5 Å². The maximum absolute atomic E-state index is 10.4. The summed E-state index contributed by atoms with van der Waals surface area (Å²) in [7, 11) is 1.61. The zero-order chi connectivity index (χ0) is 17.8. The monoisotopic (exact) mass is 342 g/mol. The second-order valence-electron chi connectivity index (χ2n) is 5.89. The van der Waals surface area contributed by atoms with E-state index in [1.54, 1.807) is 38.3 Å². The summed E-state index contributed by atoms with van der Waals surface area (Å²) < 4.78 is 12.6. The Morgan fingerprint density at radius 3 is 2.40 bits per heavy atom. The first-order valence-corrected chi connectivity index (χ1v) is 8.16. The first-order chi connectivity index (χ1) is 12.1. The van der Waals surface area contributed by atoms with Gasteiger partial charge in [-0.1, -0.05) is 12.1 Å². The van der Waals surface area contributed by atoms with E-state index in [1.165, 1.54) is 0 Å². The first-order valence-electron chi connectivity index (χ1n) is 8.16. The predicted octanol–water partition coefficient (Wildman–Crippen LogP) is 2.54. The van der Waals surface area contributed by atoms with Crippen LogP contribution in [0.3, 0.4) is 0 Å². The molecule has 0 bridgehead atoms. The molecule has 0 radical (unpaired) electrons. The van der Waals surface area contributed by atoms with Crippen LogP contribution in [-0.4, -0.2) is 39.6 Å². The van der Waals surface area contributed by atoms with Gasteiger partial charge in [0.25, 0.3) is 0 Å². The highest BCUT2D eigenvalue weighted by Crippen LogP contribution is 2.22. The largest absolute Gasteiger partial charge is 0.497 e. The number of aliphatic hydroxyl groups is 2. The molecule has 0 unspecified atom stereocenters. The SMILES string of the molecule is COc1ccc(OC[C@H](O)Cn2c([C@H](C)O)nc3ccccc32)cc1. The molecule has 3 aromatic rings. The van der Waals surface area contributed by atoms with E-state index < -0.39 is 12.2 Å². The zero-order valence-electron chi connectivity index (χ0n) is 14.3. The lowest BCUT2D eigenvalue weighted by molar-refractivity contribution is 0.0895. The van der Waals surface area contributed by atoms with Crippen molar-refractivity contribution in [1.29, 1.82) is 0 Å². The van der Waals surface area contributed by atoms with Crippen LogP contribution in [0.2, 0.25) is 0 Å². The Morgan fingerprint density at radius 2 is 1.72 bits per heavy atom. The number of benzene rings is 2. The van der Waals surface area contributed by atoms with Gasteiger partial charge >= 0.3 is 0 Å². The molecule has 6 nitrogen and oxygen atoms in total. The average Bonchev–Trinajstić information content (AvgIpc) is 2.99. The summed E-state index contributed by atoms with van der Waals surface area (Å²) in [5.74, 6) is 1.94. The number of rotatable bonds is 7. The quantitative estimate of drug-likeness (QED) is 0.690. The third-order valence-corrected chi connectivity index (χ3v) is 3.95. The Hall–Kier alpha value is -2.57. The van der Waals surface area contributed by atoms with Crippen LogP contribution in [0.1, 0.15) is 18.9 Å². The number of para-hydroxylation sites is 2. The van der Waals surface area contributed by atoms with Crippen LogP contribution >= 0.6 is 0 Å². The van der Waals surface area contributed by atoms with Gasteiger partial charge in [-0.05, 0) is 43.3 Å². The predicted molar refractivity (Wildman–Crippen MR) is 94.9 cm³/mol. The average molecular weight is 342 g/mol. The molecule has 0 aliphatic heterocycles. The number of fused-ring (bicyclic) bond motifs is 1. The van der Waals surface area contributed by atoms with Crippen LogP contribution in [0.25, 0.3) is 11.0 Å². The van der Waals surface area contributed by atoms with Gasteiger partial charge in [0.1, 0.15) is 36.1 Å². The Morgan fingerprint density at radius 1 is 1.04 bits per heavy atom. The van der Waals surface area contributed by atoms with Gasteiger partial charge in [-0.3, -0.25) is 0 Å². The summed E-state index contributed by atoms with van der Waals surface area (Å²) in [6.07, 6.45) is -1.46. The van der Waals surface area contributed by atoms with Gasteiger partial charge in [-0.15, -0.1) is 0 Å². The molecule has 1 aromatic heterocycles. The lowest BCUT2D eigenvalue weighted by Crippen LogP contribution is -2.25. The maximum Gasteiger partial charge on any atom is 0.138 e. The van der Waals surface area contributed by atoms with Crippen molar-refractivity contribution >= 4 is 11.0 Å². The summed E-state index contributed by atoms with van der Waals surface area (Å²) in [4.78, 5) is 4.45. The summed E-state index contributed by atoms with van der Waals surface area (Å²) >= 11 is 0. The molecule has 2 N–H and O–H groups in total. The fourth-order valence-corrected chi connectivity index (χ4v) is 2.73. The van der Waals surface area contributed by atoms with Gasteiger partial charge in [0.2, 0.25) is 0 Å². The molecule has 6 heteroatoms. The van der Waals surface area contributed by atoms with Gasteiger partial charge in [0.05, 0.1) is 24.7 Å². The molecular weight excluding hydrogens is 320 g/mol. The summed E-state index contributed by atoms with van der Waals surface area (Å²) in [5, 5.41) is 20.3. The number of imidazole rings is 1. The van der Waals surface area contributed by atoms with E-state index >= 15 is 0 Å². The lowest BCUT2D eigenvalue weighted by atomic mass is 10.3. The Balaban J connectivity index is 1.70. The standard InChI is InChI=1S/C19H22N2O4/c1-13(22)19-20-17-5-3-4-6-18(17)21(19)11-14(23)12-25-16-9-7-15(24-2)8-10-16/h3-10,13-14,22-23H,11-12H2,1-2H3/t13-,14+/m0/s1. The van der Waals surface area contributed by atoms with Crippen LogP contribution in [0.15, 0.2) is 48.5 Å². The highest BCUT2D eigenvalue weighted by molar-refractivity contribution is 5.76. The van der Waals surface area contributed by atoms with Gasteiger partial charge in [-0.2, -0.15) is 0 Å². The topological polar surface area (TPSA) is 76.7 Å². The van der Waals surface area contributed by atoms with Crippen molar-refractivity contribution in [2.24, 2.45) is 0 Å². The highest BCUT2D eigenvalue weighted by Gasteiger charge is 2.17. The van der Waals surface area contributed by atoms with E-state index in [9.17, 15) is 10.2 Å². The smallest absolute Gasteiger partial charge is 0.138 e.